The first-order valence-electron chi connectivity index (χ1n) is 40.0. The molecule has 3 atom stereocenters. The third-order valence-electron chi connectivity index (χ3n) is 18.7. The van der Waals surface area contributed by atoms with E-state index >= 15 is 0 Å². The highest BCUT2D eigenvalue weighted by atomic mass is 31.2. The van der Waals surface area contributed by atoms with Crippen molar-refractivity contribution in [3.8, 4) is 0 Å². The quantitative estimate of drug-likeness (QED) is 0.0205. The molecule has 0 aliphatic heterocycles. The number of phosphoric ester groups is 1. The molecular formula is C79H158N2O7P+. The number of carbonyl (C=O) groups is 2. The van der Waals surface area contributed by atoms with Crippen molar-refractivity contribution in [2.75, 3.05) is 40.9 Å². The largest absolute Gasteiger partial charge is 0.472 e. The topological polar surface area (TPSA) is 111 Å². The maximum Gasteiger partial charge on any atom is 0.472 e. The number of phosphoric acid groups is 1. The Kier molecular flexibility index (Phi) is 68.6. The molecule has 2 N–H and O–H groups in total. The summed E-state index contributed by atoms with van der Waals surface area (Å²) in [5.41, 5.74) is 0. The van der Waals surface area contributed by atoms with Crippen molar-refractivity contribution in [1.82, 2.24) is 5.32 Å². The van der Waals surface area contributed by atoms with Crippen molar-refractivity contribution >= 4 is 19.7 Å². The first-order valence-corrected chi connectivity index (χ1v) is 41.5. The zero-order chi connectivity index (χ0) is 64.9. The van der Waals surface area contributed by atoms with E-state index in [2.05, 4.69) is 32.2 Å². The molecule has 0 bridgehead atoms. The molecule has 1 amide bonds. The Hall–Kier alpha value is -1.25. The van der Waals surface area contributed by atoms with Gasteiger partial charge >= 0.3 is 13.8 Å². The summed E-state index contributed by atoms with van der Waals surface area (Å²) in [7, 11) is 1.53. The number of allylic oxidation sites excluding steroid dienone is 1. The van der Waals surface area contributed by atoms with E-state index in [4.69, 9.17) is 13.8 Å². The summed E-state index contributed by atoms with van der Waals surface area (Å²) in [5.74, 6) is -0.472. The molecule has 530 valence electrons. The minimum Gasteiger partial charge on any atom is -0.456 e. The van der Waals surface area contributed by atoms with Gasteiger partial charge < -0.3 is 19.4 Å². The SMILES string of the molecule is CCCCCCCCCCCCC/C=C/C(OC(=O)CCCCCCCCCCCCCCCCCCCCCCCCC)C(COP(=O)(O)OCC[N+](C)(C)C)NC(=O)CCCCCCCCCCCCCCCCCCCCCCCCCCCCC. The third kappa shape index (κ3) is 70.9. The van der Waals surface area contributed by atoms with Crippen LogP contribution in [0.25, 0.3) is 0 Å². The smallest absolute Gasteiger partial charge is 0.456 e. The van der Waals surface area contributed by atoms with E-state index in [9.17, 15) is 19.0 Å². The molecule has 0 aromatic heterocycles. The zero-order valence-electron chi connectivity index (χ0n) is 61.0. The zero-order valence-corrected chi connectivity index (χ0v) is 61.9. The van der Waals surface area contributed by atoms with E-state index in [0.717, 1.165) is 57.8 Å². The fourth-order valence-corrected chi connectivity index (χ4v) is 13.3. The van der Waals surface area contributed by atoms with Gasteiger partial charge in [-0.25, -0.2) is 4.57 Å². The number of amides is 1. The number of likely N-dealkylation sites (N-methyl/N-ethyl adjacent to an activating group) is 1. The van der Waals surface area contributed by atoms with Crippen LogP contribution in [0, 0.1) is 0 Å². The van der Waals surface area contributed by atoms with Gasteiger partial charge in [-0.3, -0.25) is 18.6 Å². The van der Waals surface area contributed by atoms with Gasteiger partial charge in [0.2, 0.25) is 5.91 Å². The van der Waals surface area contributed by atoms with Gasteiger partial charge in [0.15, 0.2) is 0 Å². The van der Waals surface area contributed by atoms with Gasteiger partial charge in [-0.1, -0.05) is 399 Å². The van der Waals surface area contributed by atoms with Crippen LogP contribution in [0.4, 0.5) is 0 Å². The second-order valence-electron chi connectivity index (χ2n) is 29.0. The van der Waals surface area contributed by atoms with Crippen molar-refractivity contribution < 1.29 is 37.3 Å². The van der Waals surface area contributed by atoms with Crippen molar-refractivity contribution in [1.29, 1.82) is 0 Å². The molecule has 0 aromatic carbocycles. The van der Waals surface area contributed by atoms with Gasteiger partial charge in [-0.2, -0.15) is 0 Å². The number of esters is 1. The number of nitrogens with zero attached hydrogens (tertiary/aromatic N) is 1. The van der Waals surface area contributed by atoms with Crippen LogP contribution in [0.3, 0.4) is 0 Å². The molecule has 0 saturated heterocycles. The second-order valence-corrected chi connectivity index (χ2v) is 30.4. The Labute approximate surface area is 556 Å². The number of ether oxygens (including phenoxy) is 1. The van der Waals surface area contributed by atoms with E-state index in [1.807, 2.05) is 27.2 Å². The first kappa shape index (κ1) is 87.8. The lowest BCUT2D eigenvalue weighted by Gasteiger charge is -2.27. The maximum atomic E-state index is 13.7. The molecule has 0 rings (SSSR count). The molecule has 0 aliphatic carbocycles. The Balaban J connectivity index is 4.91. The van der Waals surface area contributed by atoms with Gasteiger partial charge in [0.1, 0.15) is 19.3 Å². The van der Waals surface area contributed by atoms with Gasteiger partial charge in [-0.05, 0) is 31.8 Å². The van der Waals surface area contributed by atoms with E-state index in [-0.39, 0.29) is 25.1 Å². The average molecular weight is 1280 g/mol. The second kappa shape index (κ2) is 69.6. The lowest BCUT2D eigenvalue weighted by Crippen LogP contribution is -2.47. The molecule has 0 fully saturated rings. The summed E-state index contributed by atoms with van der Waals surface area (Å²) in [5, 5.41) is 3.09. The van der Waals surface area contributed by atoms with Gasteiger partial charge in [0.05, 0.1) is 33.8 Å². The van der Waals surface area contributed by atoms with Crippen LogP contribution in [-0.4, -0.2) is 74.3 Å². The van der Waals surface area contributed by atoms with Crippen LogP contribution in [-0.2, 0) is 27.9 Å². The minimum atomic E-state index is -4.45. The molecular weight excluding hydrogens is 1120 g/mol. The van der Waals surface area contributed by atoms with Crippen LogP contribution >= 0.6 is 7.82 Å². The number of hydrogen-bond acceptors (Lipinski definition) is 6. The van der Waals surface area contributed by atoms with Gasteiger partial charge in [-0.15, -0.1) is 0 Å². The standard InChI is InChI=1S/C79H157N2O7P/c1-7-10-13-16-19-22-25-28-30-32-34-36-38-39-40-41-43-44-46-48-50-53-56-59-62-65-68-71-78(82)80-76(75-87-89(84,85)86-74-73-81(4,5)6)77(70-67-64-61-58-55-52-27-24-21-18-15-12-9-3)88-79(83)72-69-66-63-60-57-54-51-49-47-45-42-37-35-33-31-29-26-23-20-17-14-11-8-2/h67,70,76-77H,7-66,68-69,71-75H2,1-6H3,(H-,80,82,84,85)/p+1/b70-67+. The molecule has 10 heteroatoms. The van der Waals surface area contributed by atoms with Crippen LogP contribution < -0.4 is 5.32 Å². The Bertz CT molecular complexity index is 1520. The minimum absolute atomic E-state index is 0.0464. The Morgan fingerprint density at radius 3 is 0.921 bits per heavy atom. The van der Waals surface area contributed by atoms with Crippen molar-refractivity contribution in [3.63, 3.8) is 0 Å². The monoisotopic (exact) mass is 1280 g/mol. The van der Waals surface area contributed by atoms with Crippen molar-refractivity contribution in [2.45, 2.75) is 444 Å². The highest BCUT2D eigenvalue weighted by Crippen LogP contribution is 2.43. The summed E-state index contributed by atoms with van der Waals surface area (Å²) >= 11 is 0. The highest BCUT2D eigenvalue weighted by Gasteiger charge is 2.30. The number of carbonyl (C=O) groups excluding carboxylic acids is 2. The van der Waals surface area contributed by atoms with Crippen LogP contribution in [0.2, 0.25) is 0 Å². The molecule has 89 heavy (non-hydrogen) atoms. The van der Waals surface area contributed by atoms with Gasteiger partial charge in [0, 0.05) is 12.8 Å². The average Bonchev–Trinajstić information content (AvgIpc) is 3.69. The fraction of sp³-hybridized carbons (Fsp3) is 0.949. The summed E-state index contributed by atoms with van der Waals surface area (Å²) < 4.78 is 31.0. The number of nitrogens with one attached hydrogen (secondary N) is 1. The Morgan fingerprint density at radius 1 is 0.382 bits per heavy atom. The van der Waals surface area contributed by atoms with E-state index in [0.29, 0.717) is 23.9 Å². The molecule has 0 spiro atoms. The Morgan fingerprint density at radius 2 is 0.640 bits per heavy atom. The predicted molar refractivity (Wildman–Crippen MR) is 388 cm³/mol. The van der Waals surface area contributed by atoms with Crippen molar-refractivity contribution in [2.24, 2.45) is 0 Å². The number of rotatable bonds is 75. The van der Waals surface area contributed by atoms with Crippen LogP contribution in [0.5, 0.6) is 0 Å². The highest BCUT2D eigenvalue weighted by molar-refractivity contribution is 7.47. The van der Waals surface area contributed by atoms with Crippen molar-refractivity contribution in [3.05, 3.63) is 12.2 Å². The lowest BCUT2D eigenvalue weighted by atomic mass is 10.0. The summed E-state index contributed by atoms with van der Waals surface area (Å²) in [4.78, 5) is 38.0. The third-order valence-corrected chi connectivity index (χ3v) is 19.7. The van der Waals surface area contributed by atoms with E-state index < -0.39 is 20.0 Å². The number of unbranched alkanes of at least 4 members (excludes halogenated alkanes) is 59. The summed E-state index contributed by atoms with van der Waals surface area (Å²) in [6.45, 7) is 7.12. The normalized spacial score (nSPS) is 13.4. The van der Waals surface area contributed by atoms with Gasteiger partial charge in [0.25, 0.3) is 0 Å². The van der Waals surface area contributed by atoms with E-state index in [1.54, 1.807) is 0 Å². The molecule has 0 aliphatic rings. The lowest BCUT2D eigenvalue weighted by molar-refractivity contribution is -0.870. The molecule has 0 heterocycles. The molecule has 9 nitrogen and oxygen atoms in total. The van der Waals surface area contributed by atoms with Crippen LogP contribution in [0.1, 0.15) is 432 Å². The fourth-order valence-electron chi connectivity index (χ4n) is 12.6. The predicted octanol–water partition coefficient (Wildman–Crippen LogP) is 25.8. The first-order chi connectivity index (χ1) is 43.4. The van der Waals surface area contributed by atoms with E-state index in [1.165, 1.54) is 340 Å². The molecule has 0 aromatic rings. The molecule has 0 saturated carbocycles. The summed E-state index contributed by atoms with van der Waals surface area (Å²) in [6.07, 6.45) is 85.4. The maximum absolute atomic E-state index is 13.7. The summed E-state index contributed by atoms with van der Waals surface area (Å²) in [6, 6.07) is -0.842. The number of quaternary nitrogens is 1. The molecule has 0 radical (unpaired) electrons. The van der Waals surface area contributed by atoms with Crippen LogP contribution in [0.15, 0.2) is 12.2 Å². The number of hydrogen-bond donors (Lipinski definition) is 2. The molecule has 3 unspecified atom stereocenters.